The summed E-state index contributed by atoms with van der Waals surface area (Å²) in [6.07, 6.45) is -10.3. The van der Waals surface area contributed by atoms with Gasteiger partial charge in [0, 0.05) is 6.42 Å². The molecular weight excluding hydrogens is 300 g/mol. The van der Waals surface area contributed by atoms with Crippen LogP contribution >= 0.6 is 0 Å². The number of carbonyl (C=O) groups excluding carboxylic acids is 1. The number of methoxy groups -OCH3 is 1. The van der Waals surface area contributed by atoms with Crippen molar-refractivity contribution in [3.8, 4) is 0 Å². The molecule has 0 aromatic heterocycles. The SMILES string of the molecule is COC(=O)[C@@H](N)CCCC(F)(F)F.O=C(O)C(F)(F)F. The van der Waals surface area contributed by atoms with E-state index < -0.39 is 36.8 Å². The number of alkyl halides is 6. The number of carboxylic acids is 1. The summed E-state index contributed by atoms with van der Waals surface area (Å²) >= 11 is 0. The van der Waals surface area contributed by atoms with Crippen LogP contribution in [0.5, 0.6) is 0 Å². The van der Waals surface area contributed by atoms with Crippen LogP contribution < -0.4 is 5.73 Å². The fourth-order valence-electron chi connectivity index (χ4n) is 0.792. The van der Waals surface area contributed by atoms with Crippen LogP contribution in [-0.2, 0) is 14.3 Å². The average molecular weight is 313 g/mol. The third-order valence-electron chi connectivity index (χ3n) is 1.72. The van der Waals surface area contributed by atoms with Crippen LogP contribution in [0, 0.1) is 0 Å². The van der Waals surface area contributed by atoms with Crippen LogP contribution in [0.4, 0.5) is 26.3 Å². The van der Waals surface area contributed by atoms with Gasteiger partial charge in [0.1, 0.15) is 6.04 Å². The number of esters is 1. The molecule has 3 N–H and O–H groups in total. The zero-order chi connectivity index (χ0) is 16.6. The quantitative estimate of drug-likeness (QED) is 0.611. The lowest BCUT2D eigenvalue weighted by molar-refractivity contribution is -0.192. The molecule has 0 aliphatic rings. The number of carbonyl (C=O) groups is 2. The van der Waals surface area contributed by atoms with Gasteiger partial charge in [0.05, 0.1) is 7.11 Å². The Morgan fingerprint density at radius 3 is 1.85 bits per heavy atom. The van der Waals surface area contributed by atoms with Gasteiger partial charge in [-0.05, 0) is 12.8 Å². The van der Waals surface area contributed by atoms with Crippen molar-refractivity contribution in [2.24, 2.45) is 5.73 Å². The maximum absolute atomic E-state index is 11.6. The van der Waals surface area contributed by atoms with Crippen molar-refractivity contribution in [3.05, 3.63) is 0 Å². The molecule has 0 amide bonds. The first kappa shape index (κ1) is 20.8. The van der Waals surface area contributed by atoms with Crippen molar-refractivity contribution >= 4 is 11.9 Å². The van der Waals surface area contributed by atoms with E-state index in [2.05, 4.69) is 4.74 Å². The molecule has 11 heteroatoms. The summed E-state index contributed by atoms with van der Waals surface area (Å²) < 4.78 is 70.9. The highest BCUT2D eigenvalue weighted by molar-refractivity contribution is 5.75. The van der Waals surface area contributed by atoms with Crippen LogP contribution in [0.25, 0.3) is 0 Å². The number of hydrogen-bond acceptors (Lipinski definition) is 4. The molecule has 0 rings (SSSR count). The monoisotopic (exact) mass is 313 g/mol. The predicted molar refractivity (Wildman–Crippen MR) is 53.6 cm³/mol. The second-order valence-electron chi connectivity index (χ2n) is 3.44. The molecule has 0 heterocycles. The van der Waals surface area contributed by atoms with E-state index in [9.17, 15) is 31.1 Å². The number of ether oxygens (including phenoxy) is 1. The van der Waals surface area contributed by atoms with Crippen LogP contribution in [-0.4, -0.2) is 42.5 Å². The van der Waals surface area contributed by atoms with Crippen molar-refractivity contribution in [3.63, 3.8) is 0 Å². The van der Waals surface area contributed by atoms with Gasteiger partial charge >= 0.3 is 24.3 Å². The number of hydrogen-bond donors (Lipinski definition) is 2. The second-order valence-corrected chi connectivity index (χ2v) is 3.44. The van der Waals surface area contributed by atoms with Gasteiger partial charge in [-0.1, -0.05) is 0 Å². The number of rotatable bonds is 4. The normalized spacial score (nSPS) is 13.0. The van der Waals surface area contributed by atoms with Gasteiger partial charge in [0.2, 0.25) is 0 Å². The van der Waals surface area contributed by atoms with E-state index >= 15 is 0 Å². The maximum atomic E-state index is 11.6. The van der Waals surface area contributed by atoms with Crippen molar-refractivity contribution < 1.29 is 45.8 Å². The van der Waals surface area contributed by atoms with Crippen molar-refractivity contribution in [1.82, 2.24) is 0 Å². The first-order chi connectivity index (χ1) is 8.81. The summed E-state index contributed by atoms with van der Waals surface area (Å²) in [5.74, 6) is -3.44. The Morgan fingerprint density at radius 1 is 1.20 bits per heavy atom. The fourth-order valence-corrected chi connectivity index (χ4v) is 0.792. The summed E-state index contributed by atoms with van der Waals surface area (Å²) in [6, 6.07) is -0.952. The van der Waals surface area contributed by atoms with Crippen LogP contribution in [0.15, 0.2) is 0 Å². The molecule has 120 valence electrons. The summed E-state index contributed by atoms with van der Waals surface area (Å²) in [5, 5.41) is 7.12. The lowest BCUT2D eigenvalue weighted by Gasteiger charge is -2.09. The average Bonchev–Trinajstić information content (AvgIpc) is 2.25. The Morgan fingerprint density at radius 2 is 1.60 bits per heavy atom. The van der Waals surface area contributed by atoms with Gasteiger partial charge in [0.15, 0.2) is 0 Å². The van der Waals surface area contributed by atoms with E-state index in [0.717, 1.165) is 7.11 Å². The Kier molecular flexibility index (Phi) is 8.95. The summed E-state index contributed by atoms with van der Waals surface area (Å²) in [4.78, 5) is 19.5. The van der Waals surface area contributed by atoms with Crippen LogP contribution in [0.3, 0.4) is 0 Å². The van der Waals surface area contributed by atoms with Gasteiger partial charge < -0.3 is 15.6 Å². The zero-order valence-corrected chi connectivity index (χ0v) is 10.2. The van der Waals surface area contributed by atoms with Gasteiger partial charge in [-0.3, -0.25) is 4.79 Å². The van der Waals surface area contributed by atoms with E-state index in [4.69, 9.17) is 15.6 Å². The molecule has 0 bridgehead atoms. The van der Waals surface area contributed by atoms with Crippen molar-refractivity contribution in [2.75, 3.05) is 7.11 Å². The molecule has 0 saturated carbocycles. The highest BCUT2D eigenvalue weighted by Gasteiger charge is 2.38. The van der Waals surface area contributed by atoms with Gasteiger partial charge in [0.25, 0.3) is 0 Å². The molecule has 1 atom stereocenters. The third-order valence-corrected chi connectivity index (χ3v) is 1.72. The topological polar surface area (TPSA) is 89.6 Å². The summed E-state index contributed by atoms with van der Waals surface area (Å²) in [6.45, 7) is 0. The molecule has 0 aliphatic heterocycles. The lowest BCUT2D eigenvalue weighted by Crippen LogP contribution is -2.31. The molecular formula is C9H13F6NO4. The third kappa shape index (κ3) is 12.9. The molecule has 0 aromatic carbocycles. The standard InChI is InChI=1S/C7H12F3NO2.C2HF3O2/c1-13-6(12)5(11)3-2-4-7(8,9)10;3-2(4,5)1(6)7/h5H,2-4,11H2,1H3;(H,6,7)/t5-;/m0./s1. The first-order valence-electron chi connectivity index (χ1n) is 5.01. The molecule has 0 radical (unpaired) electrons. The van der Waals surface area contributed by atoms with E-state index in [-0.39, 0.29) is 12.8 Å². The molecule has 20 heavy (non-hydrogen) atoms. The number of carboxylic acid groups (broad SMARTS) is 1. The second kappa shape index (κ2) is 8.61. The minimum absolute atomic E-state index is 0.00775. The highest BCUT2D eigenvalue weighted by Crippen LogP contribution is 2.22. The van der Waals surface area contributed by atoms with Crippen molar-refractivity contribution in [1.29, 1.82) is 0 Å². The Bertz CT molecular complexity index is 315. The van der Waals surface area contributed by atoms with Gasteiger partial charge in [-0.2, -0.15) is 26.3 Å². The molecule has 0 spiro atoms. The first-order valence-corrected chi connectivity index (χ1v) is 5.01. The van der Waals surface area contributed by atoms with E-state index in [1.165, 1.54) is 0 Å². The number of halogens is 6. The molecule has 0 fully saturated rings. The van der Waals surface area contributed by atoms with E-state index in [0.29, 0.717) is 0 Å². The Labute approximate surface area is 109 Å². The molecule has 0 saturated heterocycles. The zero-order valence-electron chi connectivity index (χ0n) is 10.2. The van der Waals surface area contributed by atoms with Gasteiger partial charge in [-0.15, -0.1) is 0 Å². The Balaban J connectivity index is 0. The predicted octanol–water partition coefficient (Wildman–Crippen LogP) is 1.85. The largest absolute Gasteiger partial charge is 0.490 e. The van der Waals surface area contributed by atoms with E-state index in [1.54, 1.807) is 0 Å². The molecule has 5 nitrogen and oxygen atoms in total. The van der Waals surface area contributed by atoms with Crippen LogP contribution in [0.1, 0.15) is 19.3 Å². The minimum atomic E-state index is -5.08. The molecule has 0 unspecified atom stereocenters. The van der Waals surface area contributed by atoms with Crippen LogP contribution in [0.2, 0.25) is 0 Å². The smallest absolute Gasteiger partial charge is 0.475 e. The maximum Gasteiger partial charge on any atom is 0.490 e. The van der Waals surface area contributed by atoms with Gasteiger partial charge in [-0.25, -0.2) is 4.79 Å². The summed E-state index contributed by atoms with van der Waals surface area (Å²) in [7, 11) is 1.14. The summed E-state index contributed by atoms with van der Waals surface area (Å²) in [5.41, 5.74) is 5.22. The minimum Gasteiger partial charge on any atom is -0.475 e. The Hall–Kier alpha value is -1.52. The number of aliphatic carboxylic acids is 1. The van der Waals surface area contributed by atoms with E-state index in [1.807, 2.05) is 0 Å². The van der Waals surface area contributed by atoms with Crippen molar-refractivity contribution in [2.45, 2.75) is 37.7 Å². The number of nitrogens with two attached hydrogens (primary N) is 1. The fraction of sp³-hybridized carbons (Fsp3) is 0.778. The molecule has 0 aliphatic carbocycles. The molecule has 0 aromatic rings. The lowest BCUT2D eigenvalue weighted by atomic mass is 10.1. The highest BCUT2D eigenvalue weighted by atomic mass is 19.4.